The van der Waals surface area contributed by atoms with Crippen LogP contribution in [0.1, 0.15) is 6.42 Å². The summed E-state index contributed by atoms with van der Waals surface area (Å²) in [7, 11) is 3.36. The molecular weight excluding hydrogens is 320 g/mol. The van der Waals surface area contributed by atoms with E-state index in [1.165, 1.54) is 0 Å². The van der Waals surface area contributed by atoms with Gasteiger partial charge in [-0.1, -0.05) is 0 Å². The van der Waals surface area contributed by atoms with Crippen LogP contribution in [-0.4, -0.2) is 102 Å². The fourth-order valence-electron chi connectivity index (χ4n) is 3.32. The van der Waals surface area contributed by atoms with Crippen molar-refractivity contribution in [3.8, 4) is 0 Å². The van der Waals surface area contributed by atoms with E-state index >= 15 is 0 Å². The van der Waals surface area contributed by atoms with E-state index in [4.69, 9.17) is 20.9 Å². The van der Waals surface area contributed by atoms with Gasteiger partial charge in [-0.05, 0) is 20.5 Å². The number of hydrogen-bond acceptors (Lipinski definition) is 10. The van der Waals surface area contributed by atoms with Crippen molar-refractivity contribution in [1.29, 1.82) is 0 Å². The molecule has 1 saturated carbocycles. The molecule has 2 fully saturated rings. The van der Waals surface area contributed by atoms with Crippen LogP contribution in [0.3, 0.4) is 0 Å². The molecule has 0 aromatic rings. The molecule has 142 valence electrons. The second-order valence-electron chi connectivity index (χ2n) is 6.54. The third-order valence-electron chi connectivity index (χ3n) is 4.86. The second kappa shape index (κ2) is 8.32. The van der Waals surface area contributed by atoms with Crippen molar-refractivity contribution in [2.45, 2.75) is 67.5 Å². The van der Waals surface area contributed by atoms with E-state index in [0.717, 1.165) is 0 Å². The first kappa shape index (κ1) is 19.9. The molecule has 24 heavy (non-hydrogen) atoms. The Kier molecular flexibility index (Phi) is 6.90. The highest BCUT2D eigenvalue weighted by Crippen LogP contribution is 2.27. The van der Waals surface area contributed by atoms with E-state index in [9.17, 15) is 20.4 Å². The minimum absolute atomic E-state index is 0.286. The first-order chi connectivity index (χ1) is 11.3. The molecule has 0 amide bonds. The summed E-state index contributed by atoms with van der Waals surface area (Å²) in [6.45, 7) is 0.286. The lowest BCUT2D eigenvalue weighted by molar-refractivity contribution is -0.288. The molecule has 0 aromatic carbocycles. The lowest BCUT2D eigenvalue weighted by Crippen LogP contribution is -2.67. The highest BCUT2D eigenvalue weighted by atomic mass is 16.7. The molecule has 10 unspecified atom stereocenters. The molecule has 2 aliphatic rings. The average Bonchev–Trinajstić information content (AvgIpc) is 2.56. The van der Waals surface area contributed by atoms with Gasteiger partial charge in [-0.3, -0.25) is 0 Å². The lowest BCUT2D eigenvalue weighted by Gasteiger charge is -2.46. The van der Waals surface area contributed by atoms with Crippen molar-refractivity contribution in [3.63, 3.8) is 0 Å². The summed E-state index contributed by atoms with van der Waals surface area (Å²) in [5.74, 6) is 0. The Morgan fingerprint density at radius 2 is 1.71 bits per heavy atom. The maximum atomic E-state index is 10.3. The van der Waals surface area contributed by atoms with Gasteiger partial charge in [0.05, 0.1) is 12.1 Å². The molecule has 10 atom stereocenters. The highest BCUT2D eigenvalue weighted by Gasteiger charge is 2.48. The largest absolute Gasteiger partial charge is 0.389 e. The van der Waals surface area contributed by atoms with Crippen LogP contribution in [0.25, 0.3) is 0 Å². The summed E-state index contributed by atoms with van der Waals surface area (Å²) < 4.78 is 11.3. The fourth-order valence-corrected chi connectivity index (χ4v) is 3.32. The molecule has 0 spiro atoms. The van der Waals surface area contributed by atoms with Gasteiger partial charge in [0.2, 0.25) is 0 Å². The van der Waals surface area contributed by atoms with Gasteiger partial charge >= 0.3 is 0 Å². The Hall–Kier alpha value is -0.400. The molecule has 1 saturated heterocycles. The first-order valence-corrected chi connectivity index (χ1v) is 8.18. The monoisotopic (exact) mass is 350 g/mol. The van der Waals surface area contributed by atoms with Crippen molar-refractivity contribution >= 4 is 0 Å². The molecule has 0 aromatic heterocycles. The third kappa shape index (κ3) is 3.88. The van der Waals surface area contributed by atoms with Crippen molar-refractivity contribution in [2.75, 3.05) is 20.6 Å². The maximum Gasteiger partial charge on any atom is 0.176 e. The Morgan fingerprint density at radius 1 is 1.04 bits per heavy atom. The Bertz CT molecular complexity index is 405. The quantitative estimate of drug-likeness (QED) is 0.241. The maximum absolute atomic E-state index is 10.3. The number of rotatable bonds is 5. The van der Waals surface area contributed by atoms with Gasteiger partial charge in [-0.15, -0.1) is 0 Å². The summed E-state index contributed by atoms with van der Waals surface area (Å²) >= 11 is 0. The molecule has 2 rings (SSSR count). The van der Waals surface area contributed by atoms with Crippen LogP contribution in [0.15, 0.2) is 0 Å². The standard InChI is InChI=1S/C14H30N4O6/c1-17-4-7-10(20)11(21)8(16)14(23-7)24-13-5(15)3-6(18-2)9(19)12(13)22/h5-14,17-22H,3-4,15-16H2,1-2H3. The van der Waals surface area contributed by atoms with Crippen LogP contribution in [-0.2, 0) is 9.47 Å². The number of nitrogens with one attached hydrogen (secondary N) is 2. The number of nitrogens with two attached hydrogens (primary N) is 2. The minimum atomic E-state index is -1.24. The summed E-state index contributed by atoms with van der Waals surface area (Å²) in [6.07, 6.45) is -6.97. The predicted molar refractivity (Wildman–Crippen MR) is 84.9 cm³/mol. The van der Waals surface area contributed by atoms with Gasteiger partial charge in [0.1, 0.15) is 30.5 Å². The zero-order chi connectivity index (χ0) is 18.0. The molecule has 1 heterocycles. The zero-order valence-corrected chi connectivity index (χ0v) is 13.9. The number of aliphatic hydroxyl groups is 4. The van der Waals surface area contributed by atoms with Crippen LogP contribution in [0.4, 0.5) is 0 Å². The van der Waals surface area contributed by atoms with E-state index in [1.807, 2.05) is 0 Å². The van der Waals surface area contributed by atoms with Crippen molar-refractivity contribution in [1.82, 2.24) is 10.6 Å². The Morgan fingerprint density at radius 3 is 2.29 bits per heavy atom. The van der Waals surface area contributed by atoms with Crippen LogP contribution >= 0.6 is 0 Å². The number of ether oxygens (including phenoxy) is 2. The lowest BCUT2D eigenvalue weighted by atomic mass is 9.84. The van der Waals surface area contributed by atoms with Gasteiger partial charge in [0.15, 0.2) is 6.29 Å². The number of hydrogen-bond donors (Lipinski definition) is 8. The zero-order valence-electron chi connectivity index (χ0n) is 13.9. The van der Waals surface area contributed by atoms with Gasteiger partial charge in [-0.2, -0.15) is 0 Å². The molecule has 10 N–H and O–H groups in total. The van der Waals surface area contributed by atoms with Crippen molar-refractivity contribution in [2.24, 2.45) is 11.5 Å². The Labute approximate surface area is 141 Å². The van der Waals surface area contributed by atoms with E-state index in [1.54, 1.807) is 14.1 Å². The van der Waals surface area contributed by atoms with Gasteiger partial charge in [0, 0.05) is 18.6 Å². The fraction of sp³-hybridized carbons (Fsp3) is 1.00. The van der Waals surface area contributed by atoms with E-state index < -0.39 is 55.0 Å². The minimum Gasteiger partial charge on any atom is -0.389 e. The predicted octanol–water partition coefficient (Wildman–Crippen LogP) is -4.59. The molecule has 10 nitrogen and oxygen atoms in total. The average molecular weight is 350 g/mol. The SMILES string of the molecule is CNCC1OC(OC2C(N)CC(NC)C(O)C2O)C(N)C(O)C1O. The molecular formula is C14H30N4O6. The Balaban J connectivity index is 2.07. The number of aliphatic hydroxyl groups excluding tert-OH is 4. The second-order valence-corrected chi connectivity index (χ2v) is 6.54. The van der Waals surface area contributed by atoms with Gasteiger partial charge in [0.25, 0.3) is 0 Å². The van der Waals surface area contributed by atoms with E-state index in [-0.39, 0.29) is 12.6 Å². The van der Waals surface area contributed by atoms with E-state index in [2.05, 4.69) is 10.6 Å². The van der Waals surface area contributed by atoms with Gasteiger partial charge < -0.3 is 52.0 Å². The smallest absolute Gasteiger partial charge is 0.176 e. The summed E-state index contributed by atoms with van der Waals surface area (Å²) in [4.78, 5) is 0. The van der Waals surface area contributed by atoms with Crippen molar-refractivity contribution in [3.05, 3.63) is 0 Å². The number of likely N-dealkylation sites (N-methyl/N-ethyl adjacent to an activating group) is 2. The van der Waals surface area contributed by atoms with Crippen LogP contribution < -0.4 is 22.1 Å². The van der Waals surface area contributed by atoms with Crippen LogP contribution in [0, 0.1) is 0 Å². The van der Waals surface area contributed by atoms with Gasteiger partial charge in [-0.25, -0.2) is 0 Å². The normalized spacial score (nSPS) is 50.0. The molecule has 10 heteroatoms. The van der Waals surface area contributed by atoms with Crippen LogP contribution in [0.5, 0.6) is 0 Å². The molecule has 1 aliphatic carbocycles. The van der Waals surface area contributed by atoms with Crippen molar-refractivity contribution < 1.29 is 29.9 Å². The molecule has 1 aliphatic heterocycles. The third-order valence-corrected chi connectivity index (χ3v) is 4.86. The van der Waals surface area contributed by atoms with E-state index in [0.29, 0.717) is 6.42 Å². The summed E-state index contributed by atoms with van der Waals surface area (Å²) in [5.41, 5.74) is 11.9. The van der Waals surface area contributed by atoms with Crippen LogP contribution in [0.2, 0.25) is 0 Å². The summed E-state index contributed by atoms with van der Waals surface area (Å²) in [6, 6.07) is -1.91. The summed E-state index contributed by atoms with van der Waals surface area (Å²) in [5, 5.41) is 46.3. The highest BCUT2D eigenvalue weighted by molar-refractivity contribution is 5.00. The topological polar surface area (TPSA) is 175 Å². The first-order valence-electron chi connectivity index (χ1n) is 8.18. The molecule has 0 bridgehead atoms. The molecule has 0 radical (unpaired) electrons.